The van der Waals surface area contributed by atoms with Gasteiger partial charge in [-0.1, -0.05) is 10.4 Å². The minimum Gasteiger partial charge on any atom is -0.339 e. The molecule has 3 heterocycles. The van der Waals surface area contributed by atoms with Crippen molar-refractivity contribution in [2.24, 2.45) is 7.05 Å². The minimum absolute atomic E-state index is 0.194. The van der Waals surface area contributed by atoms with Crippen LogP contribution in [0.15, 0.2) is 23.0 Å². The highest BCUT2D eigenvalue weighted by molar-refractivity contribution is 5.40. The van der Waals surface area contributed by atoms with Gasteiger partial charge in [0.05, 0.1) is 11.4 Å². The standard InChI is InChI=1S/C13H13N7O/c1-20-10-7-8(3-4-9(10)17-19-20)13-16-12(18-21-13)11-14-5-2-6-15-11/h2,5-6,8H,3-4,7H2,1H3. The molecule has 4 rings (SSSR count). The van der Waals surface area contributed by atoms with Crippen molar-refractivity contribution in [2.75, 3.05) is 0 Å². The smallest absolute Gasteiger partial charge is 0.240 e. The Morgan fingerprint density at radius 2 is 2.10 bits per heavy atom. The van der Waals surface area contributed by atoms with Crippen LogP contribution in [0.25, 0.3) is 11.6 Å². The maximum absolute atomic E-state index is 5.40. The van der Waals surface area contributed by atoms with Gasteiger partial charge in [0.1, 0.15) is 0 Å². The van der Waals surface area contributed by atoms with E-state index in [1.165, 1.54) is 0 Å². The molecule has 3 aromatic heterocycles. The number of rotatable bonds is 2. The zero-order valence-electron chi connectivity index (χ0n) is 11.5. The fourth-order valence-corrected chi connectivity index (χ4v) is 2.63. The molecule has 0 fully saturated rings. The topological polar surface area (TPSA) is 95.4 Å². The molecule has 0 amide bonds. The summed E-state index contributed by atoms with van der Waals surface area (Å²) in [4.78, 5) is 12.7. The first-order valence-corrected chi connectivity index (χ1v) is 6.79. The number of nitrogens with zero attached hydrogens (tertiary/aromatic N) is 7. The fourth-order valence-electron chi connectivity index (χ4n) is 2.63. The molecule has 0 saturated carbocycles. The van der Waals surface area contributed by atoms with Crippen LogP contribution in [0.1, 0.15) is 29.6 Å². The average molecular weight is 283 g/mol. The molecule has 8 heteroatoms. The maximum atomic E-state index is 5.40. The van der Waals surface area contributed by atoms with Crippen molar-refractivity contribution >= 4 is 0 Å². The van der Waals surface area contributed by atoms with Gasteiger partial charge in [-0.05, 0) is 18.9 Å². The minimum atomic E-state index is 0.194. The van der Waals surface area contributed by atoms with Crippen LogP contribution in [0.4, 0.5) is 0 Å². The van der Waals surface area contributed by atoms with E-state index in [2.05, 4.69) is 30.4 Å². The quantitative estimate of drug-likeness (QED) is 0.690. The Labute approximate surface area is 120 Å². The third kappa shape index (κ3) is 2.08. The molecule has 0 radical (unpaired) electrons. The van der Waals surface area contributed by atoms with Crippen molar-refractivity contribution in [2.45, 2.75) is 25.2 Å². The van der Waals surface area contributed by atoms with Crippen molar-refractivity contribution in [3.8, 4) is 11.6 Å². The van der Waals surface area contributed by atoms with Gasteiger partial charge in [0.25, 0.3) is 0 Å². The molecule has 106 valence electrons. The summed E-state index contributed by atoms with van der Waals surface area (Å²) in [7, 11) is 1.91. The lowest BCUT2D eigenvalue weighted by Gasteiger charge is -2.17. The highest BCUT2D eigenvalue weighted by Crippen LogP contribution is 2.31. The second-order valence-corrected chi connectivity index (χ2v) is 5.07. The van der Waals surface area contributed by atoms with Crippen molar-refractivity contribution < 1.29 is 4.52 Å². The second-order valence-electron chi connectivity index (χ2n) is 5.07. The number of fused-ring (bicyclic) bond motifs is 1. The third-order valence-electron chi connectivity index (χ3n) is 3.75. The summed E-state index contributed by atoms with van der Waals surface area (Å²) in [6.45, 7) is 0. The Kier molecular flexibility index (Phi) is 2.73. The van der Waals surface area contributed by atoms with Gasteiger partial charge in [-0.3, -0.25) is 4.68 Å². The summed E-state index contributed by atoms with van der Waals surface area (Å²) >= 11 is 0. The number of aromatic nitrogens is 7. The van der Waals surface area contributed by atoms with Crippen molar-refractivity contribution in [3.63, 3.8) is 0 Å². The maximum Gasteiger partial charge on any atom is 0.240 e. The van der Waals surface area contributed by atoms with Crippen LogP contribution in [-0.2, 0) is 19.9 Å². The Morgan fingerprint density at radius 3 is 2.95 bits per heavy atom. The van der Waals surface area contributed by atoms with Crippen LogP contribution in [0.3, 0.4) is 0 Å². The van der Waals surface area contributed by atoms with Crippen molar-refractivity contribution in [3.05, 3.63) is 35.7 Å². The molecule has 0 spiro atoms. The summed E-state index contributed by atoms with van der Waals surface area (Å²) in [5.74, 6) is 1.73. The van der Waals surface area contributed by atoms with Gasteiger partial charge in [-0.2, -0.15) is 4.98 Å². The first kappa shape index (κ1) is 12.1. The third-order valence-corrected chi connectivity index (χ3v) is 3.75. The first-order valence-electron chi connectivity index (χ1n) is 6.79. The van der Waals surface area contributed by atoms with E-state index >= 15 is 0 Å². The molecule has 0 aromatic carbocycles. The molecule has 0 bridgehead atoms. The largest absolute Gasteiger partial charge is 0.339 e. The van der Waals surface area contributed by atoms with Gasteiger partial charge in [0, 0.05) is 31.8 Å². The van der Waals surface area contributed by atoms with E-state index in [4.69, 9.17) is 4.52 Å². The van der Waals surface area contributed by atoms with E-state index in [1.54, 1.807) is 18.5 Å². The Morgan fingerprint density at radius 1 is 1.24 bits per heavy atom. The fraction of sp³-hybridized carbons (Fsp3) is 0.385. The number of hydrogen-bond donors (Lipinski definition) is 0. The molecule has 0 saturated heterocycles. The Bertz CT molecular complexity index is 764. The second kappa shape index (κ2) is 4.72. The molecule has 21 heavy (non-hydrogen) atoms. The summed E-state index contributed by atoms with van der Waals surface area (Å²) in [6, 6.07) is 1.75. The van der Waals surface area contributed by atoms with E-state index in [0.717, 1.165) is 30.7 Å². The van der Waals surface area contributed by atoms with Crippen LogP contribution < -0.4 is 0 Å². The van der Waals surface area contributed by atoms with Crippen molar-refractivity contribution in [1.82, 2.24) is 35.1 Å². The van der Waals surface area contributed by atoms with E-state index in [0.29, 0.717) is 17.5 Å². The zero-order valence-corrected chi connectivity index (χ0v) is 11.5. The van der Waals surface area contributed by atoms with E-state index in [9.17, 15) is 0 Å². The normalized spacial score (nSPS) is 17.7. The summed E-state index contributed by atoms with van der Waals surface area (Å²) in [5, 5.41) is 12.2. The van der Waals surface area contributed by atoms with Gasteiger partial charge >= 0.3 is 0 Å². The molecule has 3 aromatic rings. The van der Waals surface area contributed by atoms with E-state index in [-0.39, 0.29) is 5.92 Å². The van der Waals surface area contributed by atoms with Gasteiger partial charge < -0.3 is 4.52 Å². The number of hydrogen-bond acceptors (Lipinski definition) is 7. The van der Waals surface area contributed by atoms with Crippen LogP contribution >= 0.6 is 0 Å². The lowest BCUT2D eigenvalue weighted by Crippen LogP contribution is -2.15. The van der Waals surface area contributed by atoms with Gasteiger partial charge in [-0.15, -0.1) is 5.10 Å². The lowest BCUT2D eigenvalue weighted by molar-refractivity contribution is 0.338. The van der Waals surface area contributed by atoms with Gasteiger partial charge in [0.2, 0.25) is 17.5 Å². The zero-order chi connectivity index (χ0) is 14.2. The van der Waals surface area contributed by atoms with E-state index < -0.39 is 0 Å². The number of aryl methyl sites for hydroxylation is 2. The van der Waals surface area contributed by atoms with Gasteiger partial charge in [0.15, 0.2) is 0 Å². The molecule has 8 nitrogen and oxygen atoms in total. The van der Waals surface area contributed by atoms with E-state index in [1.807, 2.05) is 11.7 Å². The summed E-state index contributed by atoms with van der Waals surface area (Å²) < 4.78 is 7.22. The van der Waals surface area contributed by atoms with Crippen molar-refractivity contribution in [1.29, 1.82) is 0 Å². The first-order chi connectivity index (χ1) is 10.3. The van der Waals surface area contributed by atoms with Crippen LogP contribution in [0.2, 0.25) is 0 Å². The molecule has 1 aliphatic rings. The molecule has 1 aliphatic carbocycles. The van der Waals surface area contributed by atoms with Gasteiger partial charge in [-0.25, -0.2) is 9.97 Å². The highest BCUT2D eigenvalue weighted by atomic mass is 16.5. The predicted octanol–water partition coefficient (Wildman–Crippen LogP) is 0.928. The molecule has 1 unspecified atom stereocenters. The molecule has 0 aliphatic heterocycles. The molecule has 0 N–H and O–H groups in total. The predicted molar refractivity (Wildman–Crippen MR) is 71.1 cm³/mol. The summed E-state index contributed by atoms with van der Waals surface area (Å²) in [5.41, 5.74) is 2.21. The summed E-state index contributed by atoms with van der Waals surface area (Å²) in [6.07, 6.45) is 5.95. The molecular weight excluding hydrogens is 270 g/mol. The van der Waals surface area contributed by atoms with Crippen LogP contribution in [0, 0.1) is 0 Å². The SMILES string of the molecule is Cn1nnc2c1CC(c1nc(-c3ncccn3)no1)CC2. The Hall–Kier alpha value is -2.64. The highest BCUT2D eigenvalue weighted by Gasteiger charge is 2.28. The molecular formula is C13H13N7O. The lowest BCUT2D eigenvalue weighted by atomic mass is 9.89. The average Bonchev–Trinajstić information content (AvgIpc) is 3.16. The molecule has 1 atom stereocenters. The Balaban J connectivity index is 1.61. The van der Waals surface area contributed by atoms with Crippen LogP contribution in [0.5, 0.6) is 0 Å². The monoisotopic (exact) mass is 283 g/mol. The van der Waals surface area contributed by atoms with Crippen LogP contribution in [-0.4, -0.2) is 35.1 Å².